The highest BCUT2D eigenvalue weighted by atomic mass is 35.5. The number of hydrogen-bond donors (Lipinski definition) is 3. The van der Waals surface area contributed by atoms with E-state index in [0.29, 0.717) is 17.0 Å². The summed E-state index contributed by atoms with van der Waals surface area (Å²) in [6.07, 6.45) is 0.440. The van der Waals surface area contributed by atoms with Crippen molar-refractivity contribution in [2.45, 2.75) is 19.4 Å². The van der Waals surface area contributed by atoms with Gasteiger partial charge in [0, 0.05) is 29.4 Å². The smallest absolute Gasteiger partial charge is 0.172 e. The highest BCUT2D eigenvalue weighted by Crippen LogP contribution is 2.28. The van der Waals surface area contributed by atoms with Gasteiger partial charge in [0.25, 0.3) is 0 Å². The molecule has 1 saturated heterocycles. The maximum atomic E-state index is 9.77. The first kappa shape index (κ1) is 14.0. The van der Waals surface area contributed by atoms with E-state index in [9.17, 15) is 5.11 Å². The van der Waals surface area contributed by atoms with E-state index in [1.54, 1.807) is 12.1 Å². The fraction of sp³-hybridized carbons (Fsp3) is 0.462. The Hall–Kier alpha value is -1.46. The number of oxime groups is 1. The predicted molar refractivity (Wildman–Crippen MR) is 76.0 cm³/mol. The molecule has 2 unspecified atom stereocenters. The van der Waals surface area contributed by atoms with Gasteiger partial charge < -0.3 is 20.9 Å². The van der Waals surface area contributed by atoms with Crippen molar-refractivity contribution in [1.82, 2.24) is 0 Å². The van der Waals surface area contributed by atoms with Crippen LogP contribution in [0.4, 0.5) is 5.69 Å². The van der Waals surface area contributed by atoms with Crippen molar-refractivity contribution in [2.75, 3.05) is 18.0 Å². The van der Waals surface area contributed by atoms with Crippen molar-refractivity contribution in [2.24, 2.45) is 16.8 Å². The van der Waals surface area contributed by atoms with Crippen molar-refractivity contribution < 1.29 is 10.3 Å². The van der Waals surface area contributed by atoms with Gasteiger partial charge in [-0.3, -0.25) is 0 Å². The molecule has 1 aromatic rings. The lowest BCUT2D eigenvalue weighted by atomic mass is 9.95. The van der Waals surface area contributed by atoms with Crippen LogP contribution in [0.15, 0.2) is 23.4 Å². The van der Waals surface area contributed by atoms with Gasteiger partial charge in [0.05, 0.1) is 6.10 Å². The molecule has 0 spiro atoms. The lowest BCUT2D eigenvalue weighted by Gasteiger charge is -2.36. The van der Waals surface area contributed by atoms with E-state index < -0.39 is 0 Å². The molecule has 0 aromatic heterocycles. The van der Waals surface area contributed by atoms with Gasteiger partial charge in [-0.05, 0) is 30.5 Å². The monoisotopic (exact) mass is 283 g/mol. The Bertz CT molecular complexity index is 493. The molecule has 0 amide bonds. The molecule has 0 bridgehead atoms. The third kappa shape index (κ3) is 2.93. The Morgan fingerprint density at radius 2 is 2.26 bits per heavy atom. The summed E-state index contributed by atoms with van der Waals surface area (Å²) >= 11 is 5.96. The first-order chi connectivity index (χ1) is 9.02. The van der Waals surface area contributed by atoms with E-state index in [2.05, 4.69) is 10.1 Å². The third-order valence-electron chi connectivity index (χ3n) is 3.54. The maximum absolute atomic E-state index is 9.77. The van der Waals surface area contributed by atoms with Gasteiger partial charge in [-0.1, -0.05) is 23.7 Å². The zero-order valence-corrected chi connectivity index (χ0v) is 11.5. The summed E-state index contributed by atoms with van der Waals surface area (Å²) in [6, 6.07) is 5.32. The van der Waals surface area contributed by atoms with Crippen molar-refractivity contribution >= 4 is 23.1 Å². The SMILES string of the molecule is CC1CN(c2ccc(Cl)cc2/C(N)=N/O)CCC1O. The van der Waals surface area contributed by atoms with E-state index in [1.165, 1.54) is 0 Å². The number of aliphatic hydroxyl groups excluding tert-OH is 1. The molecule has 0 aliphatic carbocycles. The zero-order valence-electron chi connectivity index (χ0n) is 10.8. The largest absolute Gasteiger partial charge is 0.409 e. The van der Waals surface area contributed by atoms with Gasteiger partial charge in [-0.15, -0.1) is 0 Å². The van der Waals surface area contributed by atoms with Gasteiger partial charge in [-0.2, -0.15) is 0 Å². The molecule has 2 atom stereocenters. The number of anilines is 1. The van der Waals surface area contributed by atoms with Crippen LogP contribution in [0.5, 0.6) is 0 Å². The number of rotatable bonds is 2. The van der Waals surface area contributed by atoms with Crippen LogP contribution in [0.2, 0.25) is 5.02 Å². The Morgan fingerprint density at radius 3 is 2.89 bits per heavy atom. The zero-order chi connectivity index (χ0) is 14.0. The first-order valence-electron chi connectivity index (χ1n) is 6.23. The molecule has 1 fully saturated rings. The van der Waals surface area contributed by atoms with Gasteiger partial charge in [0.1, 0.15) is 0 Å². The van der Waals surface area contributed by atoms with Gasteiger partial charge in [0.15, 0.2) is 5.84 Å². The van der Waals surface area contributed by atoms with Crippen molar-refractivity contribution in [1.29, 1.82) is 0 Å². The summed E-state index contributed by atoms with van der Waals surface area (Å²) in [6.45, 7) is 3.48. The minimum absolute atomic E-state index is 0.0382. The molecule has 1 aromatic carbocycles. The van der Waals surface area contributed by atoms with Crippen LogP contribution in [-0.2, 0) is 0 Å². The van der Waals surface area contributed by atoms with E-state index in [-0.39, 0.29) is 17.9 Å². The van der Waals surface area contributed by atoms with Crippen molar-refractivity contribution in [3.05, 3.63) is 28.8 Å². The van der Waals surface area contributed by atoms with Crippen LogP contribution >= 0.6 is 11.6 Å². The molecule has 5 nitrogen and oxygen atoms in total. The molecule has 104 valence electrons. The molecule has 1 aliphatic rings. The molecule has 4 N–H and O–H groups in total. The Balaban J connectivity index is 2.34. The van der Waals surface area contributed by atoms with Gasteiger partial charge in [0.2, 0.25) is 0 Å². The number of nitrogens with zero attached hydrogens (tertiary/aromatic N) is 2. The van der Waals surface area contributed by atoms with E-state index in [0.717, 1.165) is 18.8 Å². The lowest BCUT2D eigenvalue weighted by molar-refractivity contribution is 0.0971. The van der Waals surface area contributed by atoms with Crippen molar-refractivity contribution in [3.8, 4) is 0 Å². The molecule has 0 radical (unpaired) electrons. The van der Waals surface area contributed by atoms with Crippen LogP contribution in [0.3, 0.4) is 0 Å². The summed E-state index contributed by atoms with van der Waals surface area (Å²) < 4.78 is 0. The highest BCUT2D eigenvalue weighted by molar-refractivity contribution is 6.31. The Kier molecular flexibility index (Phi) is 4.17. The number of benzene rings is 1. The van der Waals surface area contributed by atoms with E-state index in [4.69, 9.17) is 22.5 Å². The molecular formula is C13H18ClN3O2. The van der Waals surface area contributed by atoms with Crippen LogP contribution < -0.4 is 10.6 Å². The second kappa shape index (κ2) is 5.67. The summed E-state index contributed by atoms with van der Waals surface area (Å²) in [5.41, 5.74) is 7.18. The first-order valence-corrected chi connectivity index (χ1v) is 6.61. The topological polar surface area (TPSA) is 82.1 Å². The number of amidine groups is 1. The Labute approximate surface area is 117 Å². The van der Waals surface area contributed by atoms with E-state index >= 15 is 0 Å². The molecule has 6 heteroatoms. The number of piperidine rings is 1. The number of nitrogens with two attached hydrogens (primary N) is 1. The minimum atomic E-state index is -0.268. The number of halogens is 1. The summed E-state index contributed by atoms with van der Waals surface area (Å²) in [4.78, 5) is 2.13. The van der Waals surface area contributed by atoms with Crippen LogP contribution in [-0.4, -0.2) is 35.3 Å². The molecule has 1 heterocycles. The maximum Gasteiger partial charge on any atom is 0.172 e. The average molecular weight is 284 g/mol. The molecular weight excluding hydrogens is 266 g/mol. The number of hydrogen-bond acceptors (Lipinski definition) is 4. The minimum Gasteiger partial charge on any atom is -0.409 e. The highest BCUT2D eigenvalue weighted by Gasteiger charge is 2.26. The molecule has 0 saturated carbocycles. The molecule has 19 heavy (non-hydrogen) atoms. The number of aliphatic hydroxyl groups is 1. The molecule has 2 rings (SSSR count). The Morgan fingerprint density at radius 1 is 1.53 bits per heavy atom. The lowest BCUT2D eigenvalue weighted by Crippen LogP contribution is -2.42. The van der Waals surface area contributed by atoms with Gasteiger partial charge >= 0.3 is 0 Å². The van der Waals surface area contributed by atoms with Crippen LogP contribution in [0, 0.1) is 5.92 Å². The second-order valence-corrected chi connectivity index (χ2v) is 5.36. The summed E-state index contributed by atoms with van der Waals surface area (Å²) in [7, 11) is 0. The van der Waals surface area contributed by atoms with Gasteiger partial charge in [-0.25, -0.2) is 0 Å². The predicted octanol–water partition coefficient (Wildman–Crippen LogP) is 1.64. The second-order valence-electron chi connectivity index (χ2n) is 4.93. The summed E-state index contributed by atoms with van der Waals surface area (Å²) in [5, 5.41) is 22.2. The summed E-state index contributed by atoms with van der Waals surface area (Å²) in [5.74, 6) is 0.223. The van der Waals surface area contributed by atoms with Crippen LogP contribution in [0.25, 0.3) is 0 Å². The standard InChI is InChI=1S/C13H18ClN3O2/c1-8-7-17(5-4-12(8)18)11-3-2-9(14)6-10(11)13(15)16-19/h2-3,6,8,12,18-19H,4-5,7H2,1H3,(H2,15,16). The average Bonchev–Trinajstić information content (AvgIpc) is 2.41. The van der Waals surface area contributed by atoms with Crippen LogP contribution in [0.1, 0.15) is 18.9 Å². The normalized spacial score (nSPS) is 24.6. The van der Waals surface area contributed by atoms with E-state index in [1.807, 2.05) is 13.0 Å². The van der Waals surface area contributed by atoms with Crippen molar-refractivity contribution in [3.63, 3.8) is 0 Å². The quantitative estimate of drug-likeness (QED) is 0.333. The fourth-order valence-electron chi connectivity index (χ4n) is 2.40. The fourth-order valence-corrected chi connectivity index (χ4v) is 2.57. The molecule has 1 aliphatic heterocycles. The third-order valence-corrected chi connectivity index (χ3v) is 3.78.